The predicted octanol–water partition coefficient (Wildman–Crippen LogP) is 3.49. The van der Waals surface area contributed by atoms with E-state index in [4.69, 9.17) is 10.5 Å². The van der Waals surface area contributed by atoms with E-state index in [1.54, 1.807) is 6.07 Å². The molecule has 2 aromatic rings. The van der Waals surface area contributed by atoms with Crippen molar-refractivity contribution in [2.24, 2.45) is 11.1 Å². The molecule has 0 spiro atoms. The van der Waals surface area contributed by atoms with Crippen LogP contribution in [0.5, 0.6) is 0 Å². The van der Waals surface area contributed by atoms with Gasteiger partial charge in [-0.3, -0.25) is 9.59 Å². The van der Waals surface area contributed by atoms with Crippen LogP contribution in [-0.2, 0) is 17.6 Å². The molecule has 1 atom stereocenters. The summed E-state index contributed by atoms with van der Waals surface area (Å²) in [6.07, 6.45) is 5.19. The molecule has 1 aromatic heterocycles. The predicted molar refractivity (Wildman–Crippen MR) is 113 cm³/mol. The quantitative estimate of drug-likeness (QED) is 0.811. The fraction of sp³-hybridized carbons (Fsp3) is 0.478. The Morgan fingerprint density at radius 1 is 1.34 bits per heavy atom. The minimum Gasteiger partial charge on any atom is -0.379 e. The van der Waals surface area contributed by atoms with Gasteiger partial charge in [0, 0.05) is 41.9 Å². The van der Waals surface area contributed by atoms with Crippen LogP contribution >= 0.6 is 0 Å². The number of Topliss-reactive ketones (excluding diaryl/α,β-unsaturated/α-hetero) is 1. The first-order chi connectivity index (χ1) is 13.8. The van der Waals surface area contributed by atoms with Gasteiger partial charge in [0.15, 0.2) is 5.78 Å². The third-order valence-corrected chi connectivity index (χ3v) is 5.97. The normalized spacial score (nSPS) is 20.5. The second kappa shape index (κ2) is 7.34. The summed E-state index contributed by atoms with van der Waals surface area (Å²) < 4.78 is 7.57. The largest absolute Gasteiger partial charge is 0.379 e. The molecule has 2 aliphatic rings. The van der Waals surface area contributed by atoms with E-state index >= 15 is 0 Å². The Morgan fingerprint density at radius 3 is 2.79 bits per heavy atom. The first-order valence-corrected chi connectivity index (χ1v) is 10.3. The molecule has 0 bridgehead atoms. The zero-order valence-corrected chi connectivity index (χ0v) is 17.4. The number of benzene rings is 1. The maximum absolute atomic E-state index is 12.9. The lowest BCUT2D eigenvalue weighted by molar-refractivity contribution is 0.0909. The van der Waals surface area contributed by atoms with Gasteiger partial charge in [-0.15, -0.1) is 0 Å². The van der Waals surface area contributed by atoms with E-state index < -0.39 is 5.91 Å². The van der Waals surface area contributed by atoms with Crippen molar-refractivity contribution in [2.75, 3.05) is 18.5 Å². The molecule has 154 valence electrons. The van der Waals surface area contributed by atoms with Crippen LogP contribution in [0.25, 0.3) is 5.69 Å². The summed E-state index contributed by atoms with van der Waals surface area (Å²) in [6, 6.07) is 5.80. The third kappa shape index (κ3) is 3.69. The number of primary amides is 1. The Morgan fingerprint density at radius 2 is 2.14 bits per heavy atom. The average molecular weight is 396 g/mol. The molecule has 29 heavy (non-hydrogen) atoms. The van der Waals surface area contributed by atoms with Crippen molar-refractivity contribution >= 4 is 17.4 Å². The summed E-state index contributed by atoms with van der Waals surface area (Å²) in [7, 11) is 0. The number of amides is 1. The Balaban J connectivity index is 1.81. The van der Waals surface area contributed by atoms with Crippen molar-refractivity contribution in [3.05, 3.63) is 46.8 Å². The summed E-state index contributed by atoms with van der Waals surface area (Å²) in [6.45, 7) is 7.69. The number of aromatic nitrogens is 1. The molecule has 2 heterocycles. The molecule has 3 N–H and O–H groups in total. The summed E-state index contributed by atoms with van der Waals surface area (Å²) in [5.74, 6) is -0.236. The van der Waals surface area contributed by atoms with Crippen LogP contribution in [0.1, 0.15) is 65.6 Å². The summed E-state index contributed by atoms with van der Waals surface area (Å²) in [4.78, 5) is 24.8. The van der Waals surface area contributed by atoms with Crippen LogP contribution in [0.4, 0.5) is 5.69 Å². The van der Waals surface area contributed by atoms with Crippen molar-refractivity contribution in [2.45, 2.75) is 52.5 Å². The van der Waals surface area contributed by atoms with Crippen LogP contribution in [-0.4, -0.2) is 35.5 Å². The molecule has 0 saturated carbocycles. The van der Waals surface area contributed by atoms with Crippen molar-refractivity contribution in [1.29, 1.82) is 0 Å². The monoisotopic (exact) mass is 395 g/mol. The summed E-state index contributed by atoms with van der Waals surface area (Å²) >= 11 is 0. The lowest BCUT2D eigenvalue weighted by Crippen LogP contribution is -2.28. The van der Waals surface area contributed by atoms with Crippen molar-refractivity contribution in [3.8, 4) is 5.69 Å². The van der Waals surface area contributed by atoms with Gasteiger partial charge in [0.25, 0.3) is 5.91 Å². The van der Waals surface area contributed by atoms with Gasteiger partial charge in [-0.2, -0.15) is 0 Å². The molecule has 6 heteroatoms. The van der Waals surface area contributed by atoms with E-state index in [9.17, 15) is 9.59 Å². The van der Waals surface area contributed by atoms with Gasteiger partial charge in [0.2, 0.25) is 0 Å². The number of nitrogens with zero attached hydrogens (tertiary/aromatic N) is 1. The van der Waals surface area contributed by atoms with Gasteiger partial charge >= 0.3 is 0 Å². The van der Waals surface area contributed by atoms with Gasteiger partial charge in [0.05, 0.1) is 18.2 Å². The third-order valence-electron chi connectivity index (χ3n) is 5.97. The number of carbonyl (C=O) groups is 2. The molecule has 1 aliphatic heterocycles. The maximum Gasteiger partial charge on any atom is 0.250 e. The second-order valence-electron chi connectivity index (χ2n) is 8.94. The van der Waals surface area contributed by atoms with Crippen LogP contribution in [0.15, 0.2) is 24.4 Å². The number of hydrogen-bond donors (Lipinski definition) is 2. The van der Waals surface area contributed by atoms with Crippen molar-refractivity contribution in [3.63, 3.8) is 0 Å². The number of anilines is 1. The zero-order chi connectivity index (χ0) is 20.8. The van der Waals surface area contributed by atoms with E-state index in [0.29, 0.717) is 30.9 Å². The molecular formula is C23H29N3O3. The zero-order valence-electron chi connectivity index (χ0n) is 17.4. The Kier molecular flexibility index (Phi) is 4.99. The number of ether oxygens (including phenoxy) is 1. The van der Waals surface area contributed by atoms with Crippen molar-refractivity contribution < 1.29 is 14.3 Å². The molecule has 0 radical (unpaired) electrons. The minimum atomic E-state index is -0.460. The summed E-state index contributed by atoms with van der Waals surface area (Å²) in [5, 5.41) is 3.42. The lowest BCUT2D eigenvalue weighted by atomic mass is 9.75. The standard InChI is InChI=1S/C23H29N3O3/c1-4-14-12-26(19-10-23(2,3)11-20(27)21(14)19)16-5-6-17(22(24)28)18(9-16)25-15-7-8-29-13-15/h5-6,9,12,15,25H,4,7-8,10-11,13H2,1-3H3,(H2,24,28)/t15-/m0/s1. The van der Waals surface area contributed by atoms with E-state index in [0.717, 1.165) is 41.8 Å². The van der Waals surface area contributed by atoms with Crippen molar-refractivity contribution in [1.82, 2.24) is 4.57 Å². The molecule has 4 rings (SSSR count). The maximum atomic E-state index is 12.9. The highest BCUT2D eigenvalue weighted by atomic mass is 16.5. The number of rotatable bonds is 5. The Bertz CT molecular complexity index is 968. The minimum absolute atomic E-state index is 0.0688. The van der Waals surface area contributed by atoms with Crippen LogP contribution < -0.4 is 11.1 Å². The van der Waals surface area contributed by atoms with Crippen LogP contribution in [0.2, 0.25) is 0 Å². The first kappa shape index (κ1) is 19.7. The molecule has 6 nitrogen and oxygen atoms in total. The van der Waals surface area contributed by atoms with Gasteiger partial charge in [-0.1, -0.05) is 20.8 Å². The molecule has 0 unspecified atom stereocenters. The Labute approximate surface area is 171 Å². The fourth-order valence-corrected chi connectivity index (χ4v) is 4.54. The highest BCUT2D eigenvalue weighted by Gasteiger charge is 2.35. The van der Waals surface area contributed by atoms with E-state index in [1.165, 1.54) is 0 Å². The van der Waals surface area contributed by atoms with Crippen LogP contribution in [0, 0.1) is 5.41 Å². The molecule has 1 aliphatic carbocycles. The van der Waals surface area contributed by atoms with Gasteiger partial charge in [-0.25, -0.2) is 0 Å². The van der Waals surface area contributed by atoms with E-state index in [2.05, 4.69) is 36.9 Å². The number of hydrogen-bond acceptors (Lipinski definition) is 4. The molecular weight excluding hydrogens is 366 g/mol. The van der Waals surface area contributed by atoms with E-state index in [1.807, 2.05) is 12.1 Å². The lowest BCUT2D eigenvalue weighted by Gasteiger charge is -2.30. The fourth-order valence-electron chi connectivity index (χ4n) is 4.54. The number of aryl methyl sites for hydroxylation is 1. The molecule has 1 amide bonds. The molecule has 1 fully saturated rings. The van der Waals surface area contributed by atoms with Gasteiger partial charge < -0.3 is 20.4 Å². The smallest absolute Gasteiger partial charge is 0.250 e. The summed E-state index contributed by atoms with van der Waals surface area (Å²) in [5.41, 5.74) is 10.7. The van der Waals surface area contributed by atoms with Gasteiger partial charge in [0.1, 0.15) is 0 Å². The number of ketones is 1. The van der Waals surface area contributed by atoms with E-state index in [-0.39, 0.29) is 17.2 Å². The topological polar surface area (TPSA) is 86.3 Å². The number of fused-ring (bicyclic) bond motifs is 1. The second-order valence-corrected chi connectivity index (χ2v) is 8.94. The first-order valence-electron chi connectivity index (χ1n) is 10.3. The SMILES string of the molecule is CCc1cn(-c2ccc(C(N)=O)c(N[C@H]3CCOC3)c2)c2c1C(=O)CC(C)(C)C2. The molecule has 1 aromatic carbocycles. The number of nitrogens with one attached hydrogen (secondary N) is 1. The average Bonchev–Trinajstić information content (AvgIpc) is 3.28. The number of carbonyl (C=O) groups excluding carboxylic acids is 2. The van der Waals surface area contributed by atoms with Gasteiger partial charge in [-0.05, 0) is 48.4 Å². The highest BCUT2D eigenvalue weighted by Crippen LogP contribution is 2.38. The highest BCUT2D eigenvalue weighted by molar-refractivity contribution is 6.01. The Hall–Kier alpha value is -2.60. The molecule has 1 saturated heterocycles. The van der Waals surface area contributed by atoms with Crippen LogP contribution in [0.3, 0.4) is 0 Å². The number of nitrogens with two attached hydrogens (primary N) is 1.